The summed E-state index contributed by atoms with van der Waals surface area (Å²) in [5, 5.41) is 10.7. The van der Waals surface area contributed by atoms with Gasteiger partial charge < -0.3 is 10.5 Å². The van der Waals surface area contributed by atoms with Gasteiger partial charge in [0.1, 0.15) is 23.7 Å². The first-order valence-electron chi connectivity index (χ1n) is 7.40. The predicted molar refractivity (Wildman–Crippen MR) is 98.8 cm³/mol. The van der Waals surface area contributed by atoms with E-state index in [0.717, 1.165) is 11.1 Å². The summed E-state index contributed by atoms with van der Waals surface area (Å²) in [5.41, 5.74) is 7.95. The number of amides is 1. The number of nitro groups is 1. The number of benzene rings is 1. The lowest BCUT2D eigenvalue weighted by atomic mass is 10.0. The molecule has 1 amide bonds. The second-order valence-corrected chi connectivity index (χ2v) is 6.99. The van der Waals surface area contributed by atoms with Crippen molar-refractivity contribution >= 4 is 40.6 Å². The molecule has 2 heterocycles. The molecule has 1 aromatic carbocycles. The van der Waals surface area contributed by atoms with E-state index in [0.29, 0.717) is 11.4 Å². The second kappa shape index (κ2) is 6.95. The summed E-state index contributed by atoms with van der Waals surface area (Å²) < 4.78 is 5.65. The molecule has 0 saturated carbocycles. The number of non-ortho nitro benzene ring substituents is 1. The van der Waals surface area contributed by atoms with Crippen molar-refractivity contribution in [1.29, 1.82) is 0 Å². The van der Waals surface area contributed by atoms with E-state index in [4.69, 9.17) is 22.7 Å². The van der Waals surface area contributed by atoms with Crippen LogP contribution in [0.4, 0.5) is 5.69 Å². The molecule has 9 heteroatoms. The molecule has 1 fully saturated rings. The lowest BCUT2D eigenvalue weighted by Crippen LogP contribution is -2.68. The van der Waals surface area contributed by atoms with Gasteiger partial charge in [0.15, 0.2) is 0 Å². The summed E-state index contributed by atoms with van der Waals surface area (Å²) in [5.74, 6) is 0.468. The Morgan fingerprint density at radius 1 is 1.52 bits per heavy atom. The summed E-state index contributed by atoms with van der Waals surface area (Å²) in [7, 11) is 0. The minimum absolute atomic E-state index is 0.00953. The average molecular weight is 377 g/mol. The number of thiocarbonyl (C=S) groups is 1. The van der Waals surface area contributed by atoms with E-state index in [-0.39, 0.29) is 28.6 Å². The number of thioether (sulfide) groups is 1. The zero-order valence-corrected chi connectivity index (χ0v) is 14.7. The fraction of sp³-hybridized carbons (Fsp3) is 0.250. The molecule has 130 valence electrons. The predicted octanol–water partition coefficient (Wildman–Crippen LogP) is 2.12. The maximum absolute atomic E-state index is 12.1. The maximum atomic E-state index is 12.1. The van der Waals surface area contributed by atoms with Crippen molar-refractivity contribution in [2.45, 2.75) is 18.0 Å². The van der Waals surface area contributed by atoms with E-state index in [1.807, 2.05) is 0 Å². The molecule has 0 radical (unpaired) electrons. The highest BCUT2D eigenvalue weighted by Crippen LogP contribution is 2.40. The number of fused-ring (bicyclic) bond motifs is 1. The van der Waals surface area contributed by atoms with E-state index >= 15 is 0 Å². The minimum atomic E-state index is -0.524. The zero-order chi connectivity index (χ0) is 18.1. The van der Waals surface area contributed by atoms with E-state index in [1.54, 1.807) is 34.9 Å². The highest BCUT2D eigenvalue weighted by molar-refractivity contribution is 8.00. The average Bonchev–Trinajstić information content (AvgIpc) is 2.64. The topological polar surface area (TPSA) is 98.7 Å². The van der Waals surface area contributed by atoms with E-state index < -0.39 is 11.0 Å². The smallest absolute Gasteiger partial charge is 0.269 e. The van der Waals surface area contributed by atoms with Crippen molar-refractivity contribution in [2.75, 3.05) is 5.75 Å². The molecule has 0 bridgehead atoms. The molecule has 2 N–H and O–H groups in total. The first-order chi connectivity index (χ1) is 11.9. The fourth-order valence-corrected chi connectivity index (χ4v) is 4.19. The third-order valence-corrected chi connectivity index (χ3v) is 5.63. The van der Waals surface area contributed by atoms with Gasteiger partial charge in [-0.25, -0.2) is 0 Å². The van der Waals surface area contributed by atoms with Crippen molar-refractivity contribution in [3.05, 3.63) is 63.9 Å². The number of carbonyl (C=O) groups excluding carboxylic acids is 1. The van der Waals surface area contributed by atoms with Crippen LogP contribution in [0, 0.1) is 10.1 Å². The van der Waals surface area contributed by atoms with Gasteiger partial charge >= 0.3 is 0 Å². The van der Waals surface area contributed by atoms with Crippen molar-refractivity contribution in [3.63, 3.8) is 0 Å². The number of allylic oxidation sites excluding steroid dienone is 1. The molecule has 0 spiro atoms. The first-order valence-corrected chi connectivity index (χ1v) is 8.86. The molecule has 25 heavy (non-hydrogen) atoms. The fourth-order valence-electron chi connectivity index (χ4n) is 2.62. The highest BCUT2D eigenvalue weighted by atomic mass is 32.2. The maximum Gasteiger partial charge on any atom is 0.269 e. The Balaban J connectivity index is 1.73. The molecule has 0 aliphatic carbocycles. The Morgan fingerprint density at radius 2 is 2.20 bits per heavy atom. The van der Waals surface area contributed by atoms with Crippen molar-refractivity contribution in [2.24, 2.45) is 5.73 Å². The molecular weight excluding hydrogens is 362 g/mol. The van der Waals surface area contributed by atoms with Crippen LogP contribution in [-0.2, 0) is 16.1 Å². The highest BCUT2D eigenvalue weighted by Gasteiger charge is 2.50. The monoisotopic (exact) mass is 377 g/mol. The summed E-state index contributed by atoms with van der Waals surface area (Å²) in [6, 6.07) is 5.49. The normalized spacial score (nSPS) is 22.1. The van der Waals surface area contributed by atoms with Crippen LogP contribution >= 0.6 is 24.0 Å². The SMILES string of the molecule is C=CC1=C(C(=S)OCc2ccc([N+](=O)[O-])cc2)N2C(=O)C(N)[C@H]2SC1. The van der Waals surface area contributed by atoms with Crippen LogP contribution in [0.15, 0.2) is 48.2 Å². The number of nitrogens with two attached hydrogens (primary N) is 1. The molecule has 2 aliphatic heterocycles. The van der Waals surface area contributed by atoms with Crippen LogP contribution in [-0.4, -0.2) is 37.9 Å². The van der Waals surface area contributed by atoms with Gasteiger partial charge in [-0.1, -0.05) is 12.7 Å². The second-order valence-electron chi connectivity index (χ2n) is 5.51. The number of ether oxygens (including phenoxy) is 1. The van der Waals surface area contributed by atoms with Gasteiger partial charge in [-0.05, 0) is 35.5 Å². The van der Waals surface area contributed by atoms with Crippen LogP contribution in [0.3, 0.4) is 0 Å². The Labute approximate surface area is 153 Å². The summed E-state index contributed by atoms with van der Waals surface area (Å²) in [4.78, 5) is 23.9. The quantitative estimate of drug-likeness (QED) is 0.363. The van der Waals surface area contributed by atoms with Gasteiger partial charge in [-0.15, -0.1) is 11.8 Å². The van der Waals surface area contributed by atoms with Gasteiger partial charge in [0.25, 0.3) is 5.69 Å². The van der Waals surface area contributed by atoms with E-state index in [1.165, 1.54) is 12.1 Å². The molecule has 2 atom stereocenters. The van der Waals surface area contributed by atoms with Crippen LogP contribution in [0.25, 0.3) is 0 Å². The third-order valence-electron chi connectivity index (χ3n) is 4.00. The van der Waals surface area contributed by atoms with Gasteiger partial charge in [-0.3, -0.25) is 19.8 Å². The number of nitrogens with zero attached hydrogens (tertiary/aromatic N) is 2. The zero-order valence-electron chi connectivity index (χ0n) is 13.1. The number of hydrogen-bond acceptors (Lipinski definition) is 7. The largest absolute Gasteiger partial charge is 0.477 e. The summed E-state index contributed by atoms with van der Waals surface area (Å²) in [6.45, 7) is 3.92. The first kappa shape index (κ1) is 17.6. The van der Waals surface area contributed by atoms with E-state index in [2.05, 4.69) is 6.58 Å². The molecule has 3 rings (SSSR count). The van der Waals surface area contributed by atoms with Crippen LogP contribution in [0.5, 0.6) is 0 Å². The van der Waals surface area contributed by atoms with Crippen LogP contribution in [0.1, 0.15) is 5.56 Å². The van der Waals surface area contributed by atoms with Gasteiger partial charge in [-0.2, -0.15) is 0 Å². The lowest BCUT2D eigenvalue weighted by molar-refractivity contribution is -0.384. The molecule has 2 aliphatic rings. The van der Waals surface area contributed by atoms with Crippen LogP contribution < -0.4 is 5.73 Å². The lowest BCUT2D eigenvalue weighted by Gasteiger charge is -2.48. The summed E-state index contributed by atoms with van der Waals surface area (Å²) in [6.07, 6.45) is 1.66. The molecule has 0 aromatic heterocycles. The summed E-state index contributed by atoms with van der Waals surface area (Å²) >= 11 is 6.93. The van der Waals surface area contributed by atoms with Crippen molar-refractivity contribution < 1.29 is 14.5 Å². The Bertz CT molecular complexity index is 791. The Morgan fingerprint density at radius 3 is 2.80 bits per heavy atom. The number of carbonyl (C=O) groups is 1. The number of β-lactam (4-membered cyclic amide) rings is 1. The Kier molecular flexibility index (Phi) is 4.89. The van der Waals surface area contributed by atoms with Gasteiger partial charge in [0.2, 0.25) is 11.0 Å². The van der Waals surface area contributed by atoms with Crippen molar-refractivity contribution in [1.82, 2.24) is 4.90 Å². The molecule has 1 unspecified atom stereocenters. The number of rotatable bonds is 5. The number of nitro benzene ring substituents is 1. The standard InChI is InChI=1S/C16H15N3O4S2/c1-2-10-8-25-15-12(17)14(20)18(15)13(10)16(24)23-7-9-3-5-11(6-4-9)19(21)22/h2-6,12,15H,1,7-8,17H2/t12?,15-/m1/s1. The third kappa shape index (κ3) is 3.17. The van der Waals surface area contributed by atoms with E-state index in [9.17, 15) is 14.9 Å². The Hall–Kier alpha value is -2.23. The minimum Gasteiger partial charge on any atom is -0.477 e. The molecular formula is C16H15N3O4S2. The van der Waals surface area contributed by atoms with Crippen LogP contribution in [0.2, 0.25) is 0 Å². The molecule has 7 nitrogen and oxygen atoms in total. The van der Waals surface area contributed by atoms with Crippen molar-refractivity contribution in [3.8, 4) is 0 Å². The number of hydrogen-bond donors (Lipinski definition) is 1. The van der Waals surface area contributed by atoms with Gasteiger partial charge in [0.05, 0.1) is 4.92 Å². The molecule has 1 saturated heterocycles. The van der Waals surface area contributed by atoms with Gasteiger partial charge in [0, 0.05) is 17.9 Å². The molecule has 1 aromatic rings.